The number of hydrogen-bond donors (Lipinski definition) is 1. The van der Waals surface area contributed by atoms with Gasteiger partial charge in [-0.2, -0.15) is 4.31 Å². The SMILES string of the molecule is O=[N+]([O-])c1ccc(Cl)c(C2Nc3ccc(S(=O)(=O)N4CCN(C(c5ccccc5)c5ccccc5)CC4)cc3C3C=CCC32)c1. The summed E-state index contributed by atoms with van der Waals surface area (Å²) in [4.78, 5) is 13.7. The van der Waals surface area contributed by atoms with Crippen molar-refractivity contribution in [3.8, 4) is 0 Å². The molecule has 0 bridgehead atoms. The molecule has 0 amide bonds. The van der Waals surface area contributed by atoms with Crippen LogP contribution in [0.25, 0.3) is 0 Å². The number of nitro benzene ring substituents is 1. The summed E-state index contributed by atoms with van der Waals surface area (Å²) >= 11 is 6.55. The predicted molar refractivity (Wildman–Crippen MR) is 176 cm³/mol. The molecule has 3 aliphatic rings. The largest absolute Gasteiger partial charge is 0.378 e. The molecule has 2 heterocycles. The highest BCUT2D eigenvalue weighted by molar-refractivity contribution is 7.89. The minimum absolute atomic E-state index is 0.00935. The molecule has 4 aromatic carbocycles. The standard InChI is InChI=1S/C35H33ClN4O4S/c36-32-16-14-26(40(41)42)22-31(32)34-29-13-7-12-28(29)30-23-27(15-17-33(30)37-34)45(43,44)39-20-18-38(19-21-39)35(24-8-3-1-4-9-24)25-10-5-2-6-11-25/h1-12,14-17,22-23,28-29,34-35,37H,13,18-21H2. The number of anilines is 1. The lowest BCUT2D eigenvalue weighted by molar-refractivity contribution is -0.384. The third-order valence-corrected chi connectivity index (χ3v) is 11.6. The third kappa shape index (κ3) is 5.55. The number of non-ortho nitro benzene ring substituents is 1. The van der Waals surface area contributed by atoms with Crippen molar-refractivity contribution in [3.05, 3.63) is 147 Å². The Morgan fingerprint density at radius 2 is 1.51 bits per heavy atom. The molecule has 1 saturated heterocycles. The fourth-order valence-corrected chi connectivity index (χ4v) is 8.85. The van der Waals surface area contributed by atoms with Gasteiger partial charge in [0.05, 0.1) is 21.9 Å². The predicted octanol–water partition coefficient (Wildman–Crippen LogP) is 7.17. The molecule has 7 rings (SSSR count). The van der Waals surface area contributed by atoms with E-state index >= 15 is 0 Å². The van der Waals surface area contributed by atoms with E-state index in [1.165, 1.54) is 17.2 Å². The number of allylic oxidation sites excluding steroid dienone is 2. The molecule has 45 heavy (non-hydrogen) atoms. The Hall–Kier alpha value is -4.02. The Kier molecular flexibility index (Phi) is 7.95. The lowest BCUT2D eigenvalue weighted by Crippen LogP contribution is -2.49. The molecular formula is C35H33ClN4O4S. The first-order chi connectivity index (χ1) is 21.8. The van der Waals surface area contributed by atoms with Gasteiger partial charge in [-0.25, -0.2) is 8.42 Å². The first-order valence-corrected chi connectivity index (χ1v) is 17.0. The second-order valence-electron chi connectivity index (χ2n) is 11.9. The Labute approximate surface area is 268 Å². The quantitative estimate of drug-likeness (QED) is 0.131. The topological polar surface area (TPSA) is 95.8 Å². The molecule has 1 aliphatic carbocycles. The Bertz CT molecular complexity index is 1820. The highest BCUT2D eigenvalue weighted by atomic mass is 35.5. The fraction of sp³-hybridized carbons (Fsp3) is 0.257. The van der Waals surface area contributed by atoms with E-state index < -0.39 is 14.9 Å². The number of benzene rings is 4. The van der Waals surface area contributed by atoms with Crippen molar-refractivity contribution in [3.63, 3.8) is 0 Å². The minimum atomic E-state index is -3.73. The highest BCUT2D eigenvalue weighted by Crippen LogP contribution is 2.51. The van der Waals surface area contributed by atoms with Crippen molar-refractivity contribution in [1.82, 2.24) is 9.21 Å². The van der Waals surface area contributed by atoms with E-state index in [2.05, 4.69) is 46.6 Å². The van der Waals surface area contributed by atoms with Crippen molar-refractivity contribution in [2.75, 3.05) is 31.5 Å². The molecule has 0 radical (unpaired) electrons. The first-order valence-electron chi connectivity index (χ1n) is 15.2. The number of nitro groups is 1. The van der Waals surface area contributed by atoms with E-state index in [0.717, 1.165) is 17.7 Å². The van der Waals surface area contributed by atoms with E-state index in [-0.39, 0.29) is 34.5 Å². The zero-order chi connectivity index (χ0) is 31.1. The van der Waals surface area contributed by atoms with Crippen LogP contribution in [0.1, 0.15) is 46.7 Å². The average Bonchev–Trinajstić information content (AvgIpc) is 3.56. The van der Waals surface area contributed by atoms with Gasteiger partial charge in [-0.1, -0.05) is 84.4 Å². The van der Waals surface area contributed by atoms with E-state index in [1.54, 1.807) is 28.6 Å². The molecule has 10 heteroatoms. The van der Waals surface area contributed by atoms with Gasteiger partial charge in [0.1, 0.15) is 0 Å². The zero-order valence-corrected chi connectivity index (χ0v) is 26.1. The molecule has 230 valence electrons. The summed E-state index contributed by atoms with van der Waals surface area (Å²) in [5, 5.41) is 15.5. The molecule has 3 unspecified atom stereocenters. The lowest BCUT2D eigenvalue weighted by Gasteiger charge is -2.40. The van der Waals surface area contributed by atoms with Crippen LogP contribution < -0.4 is 5.32 Å². The van der Waals surface area contributed by atoms with Crippen molar-refractivity contribution in [2.45, 2.75) is 29.3 Å². The summed E-state index contributed by atoms with van der Waals surface area (Å²) in [5.74, 6) is 0.0116. The third-order valence-electron chi connectivity index (χ3n) is 9.37. The van der Waals surface area contributed by atoms with Crippen LogP contribution in [0.4, 0.5) is 11.4 Å². The van der Waals surface area contributed by atoms with Crippen molar-refractivity contribution < 1.29 is 13.3 Å². The van der Waals surface area contributed by atoms with Crippen LogP contribution in [-0.2, 0) is 10.0 Å². The van der Waals surface area contributed by atoms with Crippen LogP contribution in [0.15, 0.2) is 114 Å². The molecule has 3 atom stereocenters. The summed E-state index contributed by atoms with van der Waals surface area (Å²) in [5.41, 5.74) is 4.77. The Balaban J connectivity index is 1.13. The second kappa shape index (κ2) is 12.1. The molecule has 4 aromatic rings. The van der Waals surface area contributed by atoms with Crippen LogP contribution >= 0.6 is 11.6 Å². The number of fused-ring (bicyclic) bond motifs is 3. The minimum Gasteiger partial charge on any atom is -0.378 e. The summed E-state index contributed by atoms with van der Waals surface area (Å²) in [7, 11) is -3.73. The van der Waals surface area contributed by atoms with Crippen LogP contribution in [0.2, 0.25) is 5.02 Å². The molecule has 1 N–H and O–H groups in total. The van der Waals surface area contributed by atoms with E-state index in [9.17, 15) is 18.5 Å². The van der Waals surface area contributed by atoms with Gasteiger partial charge in [-0.05, 0) is 53.3 Å². The fourth-order valence-electron chi connectivity index (χ4n) is 7.16. The van der Waals surface area contributed by atoms with Gasteiger partial charge in [0, 0.05) is 60.5 Å². The van der Waals surface area contributed by atoms with Gasteiger partial charge >= 0.3 is 0 Å². The molecular weight excluding hydrogens is 608 g/mol. The summed E-state index contributed by atoms with van der Waals surface area (Å²) in [6.45, 7) is 2.01. The van der Waals surface area contributed by atoms with Crippen LogP contribution in [-0.4, -0.2) is 48.7 Å². The van der Waals surface area contributed by atoms with Crippen LogP contribution in [0, 0.1) is 16.0 Å². The lowest BCUT2D eigenvalue weighted by atomic mass is 9.77. The number of rotatable bonds is 7. The van der Waals surface area contributed by atoms with Crippen molar-refractivity contribution >= 4 is 33.0 Å². The monoisotopic (exact) mass is 640 g/mol. The van der Waals surface area contributed by atoms with Gasteiger partial charge < -0.3 is 5.32 Å². The summed E-state index contributed by atoms with van der Waals surface area (Å²) < 4.78 is 29.6. The average molecular weight is 641 g/mol. The summed E-state index contributed by atoms with van der Waals surface area (Å²) in [6.07, 6.45) is 4.97. The van der Waals surface area contributed by atoms with Gasteiger partial charge in [-0.3, -0.25) is 15.0 Å². The molecule has 0 spiro atoms. The number of piperazine rings is 1. The number of sulfonamides is 1. The normalized spacial score (nSPS) is 21.7. The number of hydrogen-bond acceptors (Lipinski definition) is 6. The smallest absolute Gasteiger partial charge is 0.269 e. The first kappa shape index (κ1) is 29.7. The Morgan fingerprint density at radius 1 is 0.844 bits per heavy atom. The molecule has 8 nitrogen and oxygen atoms in total. The van der Waals surface area contributed by atoms with Crippen molar-refractivity contribution in [2.24, 2.45) is 5.92 Å². The van der Waals surface area contributed by atoms with Gasteiger partial charge in [-0.15, -0.1) is 0 Å². The molecule has 2 aliphatic heterocycles. The van der Waals surface area contributed by atoms with E-state index in [4.69, 9.17) is 11.6 Å². The van der Waals surface area contributed by atoms with Gasteiger partial charge in [0.2, 0.25) is 10.0 Å². The second-order valence-corrected chi connectivity index (χ2v) is 14.2. The maximum absolute atomic E-state index is 14.0. The van der Waals surface area contributed by atoms with E-state index in [1.807, 2.05) is 42.5 Å². The zero-order valence-electron chi connectivity index (χ0n) is 24.5. The van der Waals surface area contributed by atoms with E-state index in [0.29, 0.717) is 36.8 Å². The van der Waals surface area contributed by atoms with Gasteiger partial charge in [0.15, 0.2) is 0 Å². The van der Waals surface area contributed by atoms with Crippen molar-refractivity contribution in [1.29, 1.82) is 0 Å². The highest BCUT2D eigenvalue weighted by Gasteiger charge is 2.40. The van der Waals surface area contributed by atoms with Crippen LogP contribution in [0.5, 0.6) is 0 Å². The Morgan fingerprint density at radius 3 is 2.16 bits per heavy atom. The molecule has 1 fully saturated rings. The molecule has 0 saturated carbocycles. The summed E-state index contributed by atoms with van der Waals surface area (Å²) in [6, 6.07) is 30.3. The molecule has 0 aromatic heterocycles. The number of nitrogens with one attached hydrogen (secondary N) is 1. The maximum Gasteiger partial charge on any atom is 0.269 e. The van der Waals surface area contributed by atoms with Gasteiger partial charge in [0.25, 0.3) is 5.69 Å². The maximum atomic E-state index is 14.0. The number of nitrogens with zero attached hydrogens (tertiary/aromatic N) is 3. The number of halogens is 1. The van der Waals surface area contributed by atoms with Crippen LogP contribution in [0.3, 0.4) is 0 Å².